The van der Waals surface area contributed by atoms with Crippen LogP contribution in [0.15, 0.2) is 36.7 Å². The number of hydrogen-bond acceptors (Lipinski definition) is 8. The Morgan fingerprint density at radius 1 is 1.32 bits per heavy atom. The maximum atomic E-state index is 12.3. The van der Waals surface area contributed by atoms with E-state index in [-0.39, 0.29) is 17.9 Å². The molecule has 2 unspecified atom stereocenters. The summed E-state index contributed by atoms with van der Waals surface area (Å²) in [5, 5.41) is 35.0. The van der Waals surface area contributed by atoms with Gasteiger partial charge in [0.05, 0.1) is 34.2 Å². The summed E-state index contributed by atoms with van der Waals surface area (Å²) in [6.07, 6.45) is 2.81. The van der Waals surface area contributed by atoms with Gasteiger partial charge in [-0.1, -0.05) is 0 Å². The summed E-state index contributed by atoms with van der Waals surface area (Å²) < 4.78 is 5.35. The van der Waals surface area contributed by atoms with Crippen LogP contribution in [0.4, 0.5) is 16.2 Å². The number of nitriles is 1. The van der Waals surface area contributed by atoms with Gasteiger partial charge in [0, 0.05) is 30.6 Å². The van der Waals surface area contributed by atoms with Gasteiger partial charge in [-0.25, -0.2) is 4.79 Å². The lowest BCUT2D eigenvalue weighted by molar-refractivity contribution is -0.384. The highest BCUT2D eigenvalue weighted by Crippen LogP contribution is 2.40. The van der Waals surface area contributed by atoms with Crippen LogP contribution in [0.3, 0.4) is 0 Å². The lowest BCUT2D eigenvalue weighted by Crippen LogP contribution is -2.46. The number of nitrogens with one attached hydrogen (secondary N) is 1. The van der Waals surface area contributed by atoms with Gasteiger partial charge >= 0.3 is 6.09 Å². The Labute approximate surface area is 198 Å². The number of benzene rings is 1. The molecule has 2 heterocycles. The fraction of sp³-hybridized carbons (Fsp3) is 0.458. The molecule has 1 aromatic carbocycles. The Bertz CT molecular complexity index is 1130. The highest BCUT2D eigenvalue weighted by Gasteiger charge is 2.43. The molecule has 1 amide bonds. The van der Waals surface area contributed by atoms with Crippen LogP contribution in [0.25, 0.3) is 11.1 Å². The number of amides is 1. The highest BCUT2D eigenvalue weighted by molar-refractivity contribution is 5.78. The van der Waals surface area contributed by atoms with Crippen molar-refractivity contribution in [3.8, 4) is 17.2 Å². The molecule has 0 aliphatic carbocycles. The molecule has 0 bridgehead atoms. The van der Waals surface area contributed by atoms with Gasteiger partial charge in [0.1, 0.15) is 11.3 Å². The van der Waals surface area contributed by atoms with Crippen molar-refractivity contribution in [3.05, 3.63) is 52.3 Å². The second-order valence-electron chi connectivity index (χ2n) is 9.89. The van der Waals surface area contributed by atoms with Gasteiger partial charge < -0.3 is 20.1 Å². The molecule has 0 saturated carbocycles. The molecule has 1 saturated heterocycles. The van der Waals surface area contributed by atoms with Crippen molar-refractivity contribution < 1.29 is 19.6 Å². The molecule has 10 nitrogen and oxygen atoms in total. The minimum absolute atomic E-state index is 0.140. The van der Waals surface area contributed by atoms with E-state index >= 15 is 0 Å². The summed E-state index contributed by atoms with van der Waals surface area (Å²) in [5.74, 6) is 0. The molecule has 0 spiro atoms. The number of pyridine rings is 1. The number of nitrogens with zero attached hydrogens (tertiary/aromatic N) is 4. The highest BCUT2D eigenvalue weighted by atomic mass is 16.6. The summed E-state index contributed by atoms with van der Waals surface area (Å²) in [5.41, 5.74) is -0.228. The third kappa shape index (κ3) is 5.61. The van der Waals surface area contributed by atoms with Gasteiger partial charge in [-0.05, 0) is 64.8 Å². The molecule has 180 valence electrons. The summed E-state index contributed by atoms with van der Waals surface area (Å²) in [6.45, 7) is 8.77. The van der Waals surface area contributed by atoms with Crippen molar-refractivity contribution in [1.29, 1.82) is 5.26 Å². The molecule has 2 atom stereocenters. The molecule has 10 heteroatoms. The third-order valence-corrected chi connectivity index (χ3v) is 5.57. The van der Waals surface area contributed by atoms with E-state index in [1.54, 1.807) is 57.7 Å². The SMILES string of the molecule is CC(C)(C)OC(=O)NC1CC(C(C)(C)O)N(c2cc(-c3cnccc3C#N)ccc2[N+](=O)[O-])C1. The van der Waals surface area contributed by atoms with Gasteiger partial charge in [-0.2, -0.15) is 5.26 Å². The number of anilines is 1. The van der Waals surface area contributed by atoms with Gasteiger partial charge in [0.25, 0.3) is 5.69 Å². The Hall–Kier alpha value is -3.71. The summed E-state index contributed by atoms with van der Waals surface area (Å²) >= 11 is 0. The molecule has 3 rings (SSSR count). The topological polar surface area (TPSA) is 142 Å². The molecule has 1 fully saturated rings. The standard InChI is InChI=1S/C24H29N5O5/c1-23(2,3)34-22(30)27-17-11-21(24(4,5)31)28(14-17)20-10-15(6-7-19(20)29(32)33)18-13-26-9-8-16(18)12-25/h6-10,13,17,21,31H,11,14H2,1-5H3,(H,27,30). The number of nitro benzene ring substituents is 1. The molecule has 1 aliphatic heterocycles. The molecule has 1 aromatic heterocycles. The van der Waals surface area contributed by atoms with Gasteiger partial charge in [0.15, 0.2) is 0 Å². The van der Waals surface area contributed by atoms with Crippen LogP contribution in [-0.4, -0.2) is 50.9 Å². The molecule has 0 radical (unpaired) electrons. The first-order valence-electron chi connectivity index (χ1n) is 10.9. The smallest absolute Gasteiger partial charge is 0.407 e. The normalized spacial score (nSPS) is 18.3. The number of nitro groups is 1. The maximum Gasteiger partial charge on any atom is 0.407 e. The first-order chi connectivity index (χ1) is 15.8. The Balaban J connectivity index is 2.03. The first-order valence-corrected chi connectivity index (χ1v) is 10.9. The zero-order valence-corrected chi connectivity index (χ0v) is 19.9. The van der Waals surface area contributed by atoms with E-state index in [0.29, 0.717) is 23.1 Å². The fourth-order valence-corrected chi connectivity index (χ4v) is 4.15. The molecule has 2 aromatic rings. The van der Waals surface area contributed by atoms with E-state index < -0.39 is 34.3 Å². The van der Waals surface area contributed by atoms with Gasteiger partial charge in [-0.3, -0.25) is 15.1 Å². The number of ether oxygens (including phenoxy) is 1. The molecular formula is C24H29N5O5. The number of aromatic nitrogens is 1. The molecule has 2 N–H and O–H groups in total. The lowest BCUT2D eigenvalue weighted by atomic mass is 9.94. The molecule has 1 aliphatic rings. The van der Waals surface area contributed by atoms with Crippen LogP contribution in [-0.2, 0) is 4.74 Å². The van der Waals surface area contributed by atoms with E-state index in [9.17, 15) is 25.3 Å². The van der Waals surface area contributed by atoms with Crippen LogP contribution in [0.5, 0.6) is 0 Å². The zero-order valence-electron chi connectivity index (χ0n) is 19.9. The van der Waals surface area contributed by atoms with E-state index in [1.807, 2.05) is 0 Å². The minimum Gasteiger partial charge on any atom is -0.444 e. The fourth-order valence-electron chi connectivity index (χ4n) is 4.15. The molecular weight excluding hydrogens is 438 g/mol. The second kappa shape index (κ2) is 9.27. The van der Waals surface area contributed by atoms with Gasteiger partial charge in [-0.15, -0.1) is 0 Å². The first kappa shape index (κ1) is 24.9. The molecule has 34 heavy (non-hydrogen) atoms. The monoisotopic (exact) mass is 467 g/mol. The lowest BCUT2D eigenvalue weighted by Gasteiger charge is -2.34. The number of aliphatic hydroxyl groups is 1. The van der Waals surface area contributed by atoms with E-state index in [0.717, 1.165) is 0 Å². The van der Waals surface area contributed by atoms with Crippen molar-refractivity contribution in [2.75, 3.05) is 11.4 Å². The van der Waals surface area contributed by atoms with Crippen LogP contribution < -0.4 is 10.2 Å². The van der Waals surface area contributed by atoms with Crippen molar-refractivity contribution in [3.63, 3.8) is 0 Å². The number of hydrogen-bond donors (Lipinski definition) is 2. The van der Waals surface area contributed by atoms with E-state index in [1.165, 1.54) is 18.5 Å². The summed E-state index contributed by atoms with van der Waals surface area (Å²) in [7, 11) is 0. The van der Waals surface area contributed by atoms with Gasteiger partial charge in [0.2, 0.25) is 0 Å². The number of rotatable bonds is 5. The Morgan fingerprint density at radius 3 is 2.62 bits per heavy atom. The van der Waals surface area contributed by atoms with Crippen LogP contribution in [0.2, 0.25) is 0 Å². The average molecular weight is 468 g/mol. The Morgan fingerprint density at radius 2 is 2.03 bits per heavy atom. The predicted octanol–water partition coefficient (Wildman–Crippen LogP) is 3.77. The predicted molar refractivity (Wildman–Crippen MR) is 126 cm³/mol. The maximum absolute atomic E-state index is 12.3. The van der Waals surface area contributed by atoms with Crippen LogP contribution >= 0.6 is 0 Å². The summed E-state index contributed by atoms with van der Waals surface area (Å²) in [4.78, 5) is 29.6. The van der Waals surface area contributed by atoms with Crippen molar-refractivity contribution >= 4 is 17.5 Å². The Kier molecular flexibility index (Phi) is 6.79. The van der Waals surface area contributed by atoms with Crippen molar-refractivity contribution in [1.82, 2.24) is 10.3 Å². The quantitative estimate of drug-likeness (QED) is 0.500. The zero-order chi connectivity index (χ0) is 25.3. The van der Waals surface area contributed by atoms with E-state index in [4.69, 9.17) is 4.74 Å². The summed E-state index contributed by atoms with van der Waals surface area (Å²) in [6, 6.07) is 7.35. The van der Waals surface area contributed by atoms with Crippen LogP contribution in [0.1, 0.15) is 46.6 Å². The second-order valence-corrected chi connectivity index (χ2v) is 9.89. The number of carbonyl (C=O) groups excluding carboxylic acids is 1. The van der Waals surface area contributed by atoms with E-state index in [2.05, 4.69) is 16.4 Å². The minimum atomic E-state index is -1.22. The number of alkyl carbamates (subject to hydrolysis) is 1. The van der Waals surface area contributed by atoms with Crippen molar-refractivity contribution in [2.45, 2.75) is 64.3 Å². The third-order valence-electron chi connectivity index (χ3n) is 5.57. The average Bonchev–Trinajstić information content (AvgIpc) is 3.15. The number of carbonyl (C=O) groups is 1. The van der Waals surface area contributed by atoms with Crippen LogP contribution in [0, 0.1) is 21.4 Å². The van der Waals surface area contributed by atoms with Crippen molar-refractivity contribution in [2.24, 2.45) is 0 Å². The largest absolute Gasteiger partial charge is 0.444 e.